The van der Waals surface area contributed by atoms with Gasteiger partial charge in [0.2, 0.25) is 0 Å². The van der Waals surface area contributed by atoms with Gasteiger partial charge in [0.05, 0.1) is 11.3 Å². The van der Waals surface area contributed by atoms with Gasteiger partial charge < -0.3 is 15.0 Å². The lowest BCUT2D eigenvalue weighted by molar-refractivity contribution is -0.384. The molecule has 1 aromatic carbocycles. The fourth-order valence-electron chi connectivity index (χ4n) is 2.05. The Morgan fingerprint density at radius 3 is 2.67 bits per heavy atom. The number of carboxylic acids is 1. The second-order valence-corrected chi connectivity index (χ2v) is 5.38. The van der Waals surface area contributed by atoms with Gasteiger partial charge in [0.25, 0.3) is 11.6 Å². The number of hydrogen-bond donors (Lipinski definition) is 2. The molecule has 2 rings (SSSR count). The van der Waals surface area contributed by atoms with Crippen LogP contribution in [0.2, 0.25) is 0 Å². The van der Waals surface area contributed by atoms with Crippen LogP contribution in [0.5, 0.6) is 0 Å². The maximum absolute atomic E-state index is 12.3. The van der Waals surface area contributed by atoms with Crippen molar-refractivity contribution < 1.29 is 19.6 Å². The summed E-state index contributed by atoms with van der Waals surface area (Å²) in [7, 11) is 0. The molecule has 0 aliphatic rings. The highest BCUT2D eigenvalue weighted by Crippen LogP contribution is 2.24. The molecular formula is C15H16N4O5. The van der Waals surface area contributed by atoms with Gasteiger partial charge in [0.1, 0.15) is 11.2 Å². The van der Waals surface area contributed by atoms with E-state index in [1.807, 2.05) is 0 Å². The number of hydrogen-bond acceptors (Lipinski definition) is 5. The van der Waals surface area contributed by atoms with Gasteiger partial charge in [-0.2, -0.15) is 0 Å². The second kappa shape index (κ2) is 6.49. The summed E-state index contributed by atoms with van der Waals surface area (Å²) in [4.78, 5) is 38.1. The molecule has 9 nitrogen and oxygen atoms in total. The van der Waals surface area contributed by atoms with Crippen LogP contribution in [0.3, 0.4) is 0 Å². The smallest absolute Gasteiger partial charge is 0.329 e. The fourth-order valence-corrected chi connectivity index (χ4v) is 2.05. The molecule has 1 aromatic heterocycles. The van der Waals surface area contributed by atoms with Crippen LogP contribution in [0.4, 0.5) is 5.69 Å². The van der Waals surface area contributed by atoms with E-state index in [0.717, 1.165) is 6.07 Å². The van der Waals surface area contributed by atoms with Gasteiger partial charge in [-0.1, -0.05) is 6.92 Å². The molecule has 9 heteroatoms. The largest absolute Gasteiger partial charge is 0.480 e. The molecule has 0 aliphatic heterocycles. The Labute approximate surface area is 137 Å². The number of nitro benzene ring substituents is 1. The van der Waals surface area contributed by atoms with Gasteiger partial charge in [-0.05, 0) is 25.5 Å². The molecule has 0 saturated heterocycles. The molecule has 1 atom stereocenters. The number of imidazole rings is 1. The molecule has 2 aromatic rings. The van der Waals surface area contributed by atoms with E-state index in [-0.39, 0.29) is 23.4 Å². The van der Waals surface area contributed by atoms with Gasteiger partial charge in [0.15, 0.2) is 0 Å². The highest BCUT2D eigenvalue weighted by Gasteiger charge is 2.33. The summed E-state index contributed by atoms with van der Waals surface area (Å²) >= 11 is 0. The molecule has 1 amide bonds. The van der Waals surface area contributed by atoms with E-state index in [9.17, 15) is 24.8 Å². The number of rotatable bonds is 6. The Morgan fingerprint density at radius 1 is 1.46 bits per heavy atom. The topological polar surface area (TPSA) is 127 Å². The van der Waals surface area contributed by atoms with E-state index < -0.39 is 22.3 Å². The Bertz CT molecular complexity index is 787. The zero-order chi connectivity index (χ0) is 17.9. The van der Waals surface area contributed by atoms with E-state index >= 15 is 0 Å². The van der Waals surface area contributed by atoms with Crippen LogP contribution in [-0.2, 0) is 4.79 Å². The molecule has 0 aliphatic carbocycles. The number of aromatic nitrogens is 2. The number of benzene rings is 1. The number of nitro groups is 1. The Kier molecular flexibility index (Phi) is 4.63. The fraction of sp³-hybridized carbons (Fsp3) is 0.267. The van der Waals surface area contributed by atoms with Crippen molar-refractivity contribution >= 4 is 17.6 Å². The first-order chi connectivity index (χ1) is 11.3. The van der Waals surface area contributed by atoms with Crippen molar-refractivity contribution in [2.45, 2.75) is 25.8 Å². The summed E-state index contributed by atoms with van der Waals surface area (Å²) < 4.78 is 1.45. The van der Waals surface area contributed by atoms with E-state index in [4.69, 9.17) is 0 Å². The first-order valence-corrected chi connectivity index (χ1v) is 7.11. The summed E-state index contributed by atoms with van der Waals surface area (Å²) in [5, 5.41) is 22.9. The minimum absolute atomic E-state index is 0.00601. The Hall–Kier alpha value is -3.23. The molecular weight excluding hydrogens is 316 g/mol. The second-order valence-electron chi connectivity index (χ2n) is 5.38. The molecule has 1 heterocycles. The third-order valence-electron chi connectivity index (χ3n) is 3.79. The van der Waals surface area contributed by atoms with Crippen molar-refractivity contribution in [2.75, 3.05) is 0 Å². The summed E-state index contributed by atoms with van der Waals surface area (Å²) in [6.07, 6.45) is 4.59. The quantitative estimate of drug-likeness (QED) is 0.613. The van der Waals surface area contributed by atoms with E-state index in [0.29, 0.717) is 0 Å². The van der Waals surface area contributed by atoms with Crippen molar-refractivity contribution in [1.29, 1.82) is 0 Å². The minimum Gasteiger partial charge on any atom is -0.480 e. The lowest BCUT2D eigenvalue weighted by Gasteiger charge is -2.24. The standard InChI is InChI=1S/C15H16N4O5/c1-3-15(2,14(21)22)17-13(20)10-4-5-11(12(8-10)19(23)24)18-7-6-16-9-18/h4-9H,3H2,1-2H3,(H,17,20)(H,21,22). The average molecular weight is 332 g/mol. The predicted octanol–water partition coefficient (Wildman–Crippen LogP) is 1.76. The lowest BCUT2D eigenvalue weighted by Crippen LogP contribution is -2.51. The van der Waals surface area contributed by atoms with Crippen molar-refractivity contribution in [3.05, 3.63) is 52.6 Å². The van der Waals surface area contributed by atoms with E-state index in [1.54, 1.807) is 13.1 Å². The summed E-state index contributed by atoms with van der Waals surface area (Å²) in [6.45, 7) is 3.00. The monoisotopic (exact) mass is 332 g/mol. The number of aliphatic carboxylic acids is 1. The highest BCUT2D eigenvalue weighted by atomic mass is 16.6. The zero-order valence-corrected chi connectivity index (χ0v) is 13.1. The Balaban J connectivity index is 2.39. The SMILES string of the molecule is CCC(C)(NC(=O)c1ccc(-n2ccnc2)c([N+](=O)[O-])c1)C(=O)O. The molecule has 0 fully saturated rings. The van der Waals surface area contributed by atoms with Crippen LogP contribution >= 0.6 is 0 Å². The molecule has 2 N–H and O–H groups in total. The average Bonchev–Trinajstić information content (AvgIpc) is 3.08. The minimum atomic E-state index is -1.45. The normalized spacial score (nSPS) is 13.1. The van der Waals surface area contributed by atoms with Gasteiger partial charge >= 0.3 is 5.97 Å². The van der Waals surface area contributed by atoms with Crippen LogP contribution in [-0.4, -0.2) is 37.0 Å². The molecule has 126 valence electrons. The van der Waals surface area contributed by atoms with Crippen LogP contribution in [0.15, 0.2) is 36.9 Å². The van der Waals surface area contributed by atoms with Crippen LogP contribution < -0.4 is 5.32 Å². The van der Waals surface area contributed by atoms with Crippen molar-refractivity contribution in [2.24, 2.45) is 0 Å². The van der Waals surface area contributed by atoms with Crippen molar-refractivity contribution in [3.8, 4) is 5.69 Å². The first kappa shape index (κ1) is 17.1. The number of carbonyl (C=O) groups excluding carboxylic acids is 1. The van der Waals surface area contributed by atoms with Gasteiger partial charge in [0, 0.05) is 24.0 Å². The number of amides is 1. The number of nitrogens with one attached hydrogen (secondary N) is 1. The maximum atomic E-state index is 12.3. The molecule has 1 unspecified atom stereocenters. The van der Waals surface area contributed by atoms with Crippen LogP contribution in [0.25, 0.3) is 5.69 Å². The molecule has 0 radical (unpaired) electrons. The van der Waals surface area contributed by atoms with Crippen molar-refractivity contribution in [1.82, 2.24) is 14.9 Å². The molecule has 0 spiro atoms. The number of carboxylic acid groups (broad SMARTS) is 1. The molecule has 24 heavy (non-hydrogen) atoms. The Morgan fingerprint density at radius 2 is 2.17 bits per heavy atom. The summed E-state index contributed by atoms with van der Waals surface area (Å²) in [5.74, 6) is -1.87. The van der Waals surface area contributed by atoms with Gasteiger partial charge in [-0.3, -0.25) is 14.9 Å². The molecule has 0 bridgehead atoms. The van der Waals surface area contributed by atoms with Gasteiger partial charge in [-0.25, -0.2) is 9.78 Å². The van der Waals surface area contributed by atoms with Crippen LogP contribution in [0, 0.1) is 10.1 Å². The van der Waals surface area contributed by atoms with Crippen LogP contribution in [0.1, 0.15) is 30.6 Å². The van der Waals surface area contributed by atoms with E-state index in [2.05, 4.69) is 10.3 Å². The third kappa shape index (κ3) is 3.24. The van der Waals surface area contributed by atoms with E-state index in [1.165, 1.54) is 36.1 Å². The van der Waals surface area contributed by atoms with Crippen molar-refractivity contribution in [3.63, 3.8) is 0 Å². The highest BCUT2D eigenvalue weighted by molar-refractivity contribution is 5.98. The molecule has 0 saturated carbocycles. The third-order valence-corrected chi connectivity index (χ3v) is 3.79. The number of carbonyl (C=O) groups is 2. The lowest BCUT2D eigenvalue weighted by atomic mass is 9.98. The summed E-state index contributed by atoms with van der Waals surface area (Å²) in [5.41, 5.74) is -1.47. The number of nitrogens with zero attached hydrogens (tertiary/aromatic N) is 3. The predicted molar refractivity (Wildman–Crippen MR) is 84.0 cm³/mol. The maximum Gasteiger partial charge on any atom is 0.329 e. The zero-order valence-electron chi connectivity index (χ0n) is 13.1. The first-order valence-electron chi connectivity index (χ1n) is 7.11. The summed E-state index contributed by atoms with van der Waals surface area (Å²) in [6, 6.07) is 3.93. The van der Waals surface area contributed by atoms with Gasteiger partial charge in [-0.15, -0.1) is 0 Å².